The van der Waals surface area contributed by atoms with Crippen LogP contribution < -0.4 is 11.3 Å². The Morgan fingerprint density at radius 3 is 2.75 bits per heavy atom. The summed E-state index contributed by atoms with van der Waals surface area (Å²) in [5.41, 5.74) is 4.15. The van der Waals surface area contributed by atoms with Crippen molar-refractivity contribution in [2.75, 3.05) is 31.7 Å². The molecule has 1 aromatic rings. The number of rotatable bonds is 9. The fourth-order valence-electron chi connectivity index (χ4n) is 1.89. The van der Waals surface area contributed by atoms with E-state index in [9.17, 15) is 10.1 Å². The van der Waals surface area contributed by atoms with Gasteiger partial charge < -0.3 is 10.2 Å². The van der Waals surface area contributed by atoms with Crippen LogP contribution in [0.15, 0.2) is 18.2 Å². The fourth-order valence-corrected chi connectivity index (χ4v) is 1.89. The van der Waals surface area contributed by atoms with Crippen molar-refractivity contribution in [3.8, 4) is 0 Å². The lowest BCUT2D eigenvalue weighted by molar-refractivity contribution is -0.384. The Labute approximate surface area is 118 Å². The van der Waals surface area contributed by atoms with Gasteiger partial charge in [-0.05, 0) is 25.1 Å². The highest BCUT2D eigenvalue weighted by molar-refractivity contribution is 5.55. The van der Waals surface area contributed by atoms with Gasteiger partial charge in [0.25, 0.3) is 5.69 Å². The molecule has 0 aliphatic carbocycles. The molecule has 0 amide bonds. The van der Waals surface area contributed by atoms with Crippen molar-refractivity contribution in [1.29, 1.82) is 0 Å². The molecule has 0 aromatic heterocycles. The van der Waals surface area contributed by atoms with Crippen LogP contribution in [-0.4, -0.2) is 36.1 Å². The maximum absolute atomic E-state index is 10.8. The largest absolute Gasteiger partial charge is 0.380 e. The molecule has 0 radical (unpaired) electrons. The molecule has 1 rings (SSSR count). The van der Waals surface area contributed by atoms with Crippen LogP contribution in [-0.2, 0) is 11.3 Å². The summed E-state index contributed by atoms with van der Waals surface area (Å²) in [6.45, 7) is 7.52. The van der Waals surface area contributed by atoms with Crippen LogP contribution in [0.2, 0.25) is 0 Å². The number of nitrogen functional groups attached to an aromatic ring is 1. The average Bonchev–Trinajstić information content (AvgIpc) is 2.46. The zero-order valence-electron chi connectivity index (χ0n) is 12.0. The summed E-state index contributed by atoms with van der Waals surface area (Å²) in [5.74, 6) is 5.45. The summed E-state index contributed by atoms with van der Waals surface area (Å²) in [4.78, 5) is 12.6. The number of hydrogen-bond acceptors (Lipinski definition) is 6. The first-order valence-corrected chi connectivity index (χ1v) is 6.66. The van der Waals surface area contributed by atoms with Crippen molar-refractivity contribution in [3.05, 3.63) is 33.9 Å². The van der Waals surface area contributed by atoms with Gasteiger partial charge in [-0.1, -0.05) is 6.92 Å². The van der Waals surface area contributed by atoms with Crippen molar-refractivity contribution < 1.29 is 9.66 Å². The van der Waals surface area contributed by atoms with Crippen LogP contribution >= 0.6 is 0 Å². The van der Waals surface area contributed by atoms with E-state index in [0.717, 1.165) is 18.7 Å². The molecule has 112 valence electrons. The molecule has 7 heteroatoms. The Morgan fingerprint density at radius 1 is 1.45 bits per heavy atom. The van der Waals surface area contributed by atoms with Gasteiger partial charge in [-0.2, -0.15) is 0 Å². The van der Waals surface area contributed by atoms with Gasteiger partial charge in [0.2, 0.25) is 0 Å². The van der Waals surface area contributed by atoms with Crippen LogP contribution in [0.4, 0.5) is 11.4 Å². The Hall–Kier alpha value is -1.70. The first-order valence-electron chi connectivity index (χ1n) is 6.66. The minimum absolute atomic E-state index is 0.0693. The van der Waals surface area contributed by atoms with E-state index in [2.05, 4.69) is 10.3 Å². The van der Waals surface area contributed by atoms with Crippen molar-refractivity contribution in [3.63, 3.8) is 0 Å². The summed E-state index contributed by atoms with van der Waals surface area (Å²) in [6, 6.07) is 4.62. The Kier molecular flexibility index (Phi) is 6.92. The zero-order chi connectivity index (χ0) is 15.0. The minimum atomic E-state index is -0.403. The van der Waals surface area contributed by atoms with Crippen LogP contribution in [0.3, 0.4) is 0 Å². The first kappa shape index (κ1) is 16.4. The number of benzene rings is 1. The van der Waals surface area contributed by atoms with E-state index in [1.165, 1.54) is 6.07 Å². The van der Waals surface area contributed by atoms with Crippen LogP contribution in [0, 0.1) is 10.1 Å². The quantitative estimate of drug-likeness (QED) is 0.310. The molecule has 0 atom stereocenters. The fraction of sp³-hybridized carbons (Fsp3) is 0.538. The zero-order valence-corrected chi connectivity index (χ0v) is 12.0. The number of anilines is 1. The molecular formula is C13H22N4O3. The monoisotopic (exact) mass is 282 g/mol. The number of nitrogens with zero attached hydrogens (tertiary/aromatic N) is 2. The summed E-state index contributed by atoms with van der Waals surface area (Å²) < 4.78 is 5.33. The second kappa shape index (κ2) is 8.47. The van der Waals surface area contributed by atoms with E-state index in [1.54, 1.807) is 12.1 Å². The van der Waals surface area contributed by atoms with Gasteiger partial charge >= 0.3 is 0 Å². The number of likely N-dealkylation sites (N-methyl/N-ethyl adjacent to an activating group) is 1. The van der Waals surface area contributed by atoms with Gasteiger partial charge in [-0.3, -0.25) is 20.9 Å². The molecule has 0 saturated carbocycles. The lowest BCUT2D eigenvalue weighted by Gasteiger charge is -2.21. The van der Waals surface area contributed by atoms with E-state index in [-0.39, 0.29) is 5.69 Å². The van der Waals surface area contributed by atoms with Gasteiger partial charge in [-0.15, -0.1) is 0 Å². The second-order valence-corrected chi connectivity index (χ2v) is 4.31. The lowest BCUT2D eigenvalue weighted by atomic mass is 10.1. The molecule has 0 fully saturated rings. The molecule has 0 bridgehead atoms. The number of hydrazine groups is 1. The van der Waals surface area contributed by atoms with E-state index in [1.807, 2.05) is 13.8 Å². The molecule has 0 heterocycles. The summed E-state index contributed by atoms with van der Waals surface area (Å²) in [5, 5.41) is 10.8. The third kappa shape index (κ3) is 4.76. The molecule has 0 saturated heterocycles. The SMILES string of the molecule is CCOCCN(CC)Cc1cc([N+](=O)[O-])ccc1NN. The van der Waals surface area contributed by atoms with Crippen molar-refractivity contribution in [2.45, 2.75) is 20.4 Å². The van der Waals surface area contributed by atoms with E-state index >= 15 is 0 Å². The number of ether oxygens (including phenoxy) is 1. The van der Waals surface area contributed by atoms with Gasteiger partial charge in [0, 0.05) is 31.8 Å². The van der Waals surface area contributed by atoms with Crippen LogP contribution in [0.5, 0.6) is 0 Å². The van der Waals surface area contributed by atoms with Crippen molar-refractivity contribution in [2.24, 2.45) is 5.84 Å². The predicted octanol–water partition coefficient (Wildman–Crippen LogP) is 1.74. The Balaban J connectivity index is 2.81. The Bertz CT molecular complexity index is 440. The molecule has 0 spiro atoms. The molecule has 0 aliphatic heterocycles. The third-order valence-electron chi connectivity index (χ3n) is 3.05. The maximum atomic E-state index is 10.8. The standard InChI is InChI=1S/C13H22N4O3/c1-3-16(7-8-20-4-2)10-11-9-12(17(18)19)5-6-13(11)15-14/h5-6,9,15H,3-4,7-8,10,14H2,1-2H3. The highest BCUT2D eigenvalue weighted by Crippen LogP contribution is 2.22. The van der Waals surface area contributed by atoms with Gasteiger partial charge in [0.1, 0.15) is 0 Å². The average molecular weight is 282 g/mol. The summed E-state index contributed by atoms with van der Waals surface area (Å²) >= 11 is 0. The number of nitrogens with two attached hydrogens (primary N) is 1. The first-order chi connectivity index (χ1) is 9.62. The molecule has 20 heavy (non-hydrogen) atoms. The minimum Gasteiger partial charge on any atom is -0.380 e. The smallest absolute Gasteiger partial charge is 0.269 e. The highest BCUT2D eigenvalue weighted by atomic mass is 16.6. The third-order valence-corrected chi connectivity index (χ3v) is 3.05. The van der Waals surface area contributed by atoms with Crippen LogP contribution in [0.25, 0.3) is 0 Å². The Morgan fingerprint density at radius 2 is 2.20 bits per heavy atom. The number of nitro groups is 1. The van der Waals surface area contributed by atoms with E-state index in [0.29, 0.717) is 25.4 Å². The number of nitrogens with one attached hydrogen (secondary N) is 1. The van der Waals surface area contributed by atoms with Gasteiger partial charge in [-0.25, -0.2) is 0 Å². The predicted molar refractivity (Wildman–Crippen MR) is 78.4 cm³/mol. The van der Waals surface area contributed by atoms with E-state index < -0.39 is 4.92 Å². The van der Waals surface area contributed by atoms with E-state index in [4.69, 9.17) is 10.6 Å². The van der Waals surface area contributed by atoms with Crippen molar-refractivity contribution in [1.82, 2.24) is 4.90 Å². The maximum Gasteiger partial charge on any atom is 0.269 e. The molecule has 1 aromatic carbocycles. The normalized spacial score (nSPS) is 10.8. The van der Waals surface area contributed by atoms with Crippen molar-refractivity contribution >= 4 is 11.4 Å². The summed E-state index contributed by atoms with van der Waals surface area (Å²) in [6.07, 6.45) is 0. The van der Waals surface area contributed by atoms with Gasteiger partial charge in [0.15, 0.2) is 0 Å². The molecular weight excluding hydrogens is 260 g/mol. The van der Waals surface area contributed by atoms with Gasteiger partial charge in [0.05, 0.1) is 17.2 Å². The number of nitro benzene ring substituents is 1. The summed E-state index contributed by atoms with van der Waals surface area (Å²) in [7, 11) is 0. The number of hydrogen-bond donors (Lipinski definition) is 2. The molecule has 7 nitrogen and oxygen atoms in total. The highest BCUT2D eigenvalue weighted by Gasteiger charge is 2.13. The van der Waals surface area contributed by atoms with Crippen LogP contribution in [0.1, 0.15) is 19.4 Å². The number of non-ortho nitro benzene ring substituents is 1. The lowest BCUT2D eigenvalue weighted by Crippen LogP contribution is -2.27. The molecule has 0 unspecified atom stereocenters. The molecule has 0 aliphatic rings. The topological polar surface area (TPSA) is 93.7 Å². The molecule has 3 N–H and O–H groups in total. The second-order valence-electron chi connectivity index (χ2n) is 4.31.